The smallest absolute Gasteiger partial charge is 0.239 e. The van der Waals surface area contributed by atoms with E-state index >= 15 is 0 Å². The molecule has 2 N–H and O–H groups in total. The first-order chi connectivity index (χ1) is 6.27. The number of hydrogen-bond acceptors (Lipinski definition) is 4. The van der Waals surface area contributed by atoms with Gasteiger partial charge in [0, 0.05) is 6.20 Å². The van der Waals surface area contributed by atoms with Crippen molar-refractivity contribution in [3.63, 3.8) is 0 Å². The van der Waals surface area contributed by atoms with E-state index in [-0.39, 0.29) is 5.95 Å². The van der Waals surface area contributed by atoms with E-state index in [0.717, 1.165) is 11.4 Å². The van der Waals surface area contributed by atoms with Crippen molar-refractivity contribution in [1.29, 1.82) is 0 Å². The van der Waals surface area contributed by atoms with E-state index in [1.165, 1.54) is 0 Å². The van der Waals surface area contributed by atoms with Crippen molar-refractivity contribution in [2.24, 2.45) is 0 Å². The molecular formula is C8H9N5. The topological polar surface area (TPSA) is 69.6 Å². The van der Waals surface area contributed by atoms with Crippen LogP contribution in [0.1, 0.15) is 5.56 Å². The standard InChI is InChI=1S/C8H9N5/c1-6-3-2-4-10-7(6)13-5-11-8(9)12-13/h2-5H,1H3,(H2,9,12). The van der Waals surface area contributed by atoms with Gasteiger partial charge in [0.15, 0.2) is 5.82 Å². The highest BCUT2D eigenvalue weighted by atomic mass is 15.4. The molecule has 0 fully saturated rings. The summed E-state index contributed by atoms with van der Waals surface area (Å²) in [6.45, 7) is 1.96. The molecule has 0 aliphatic rings. The maximum absolute atomic E-state index is 5.40. The van der Waals surface area contributed by atoms with Crippen LogP contribution in [0.3, 0.4) is 0 Å². The molecule has 2 aromatic heterocycles. The summed E-state index contributed by atoms with van der Waals surface area (Å²) in [5.41, 5.74) is 6.43. The molecule has 66 valence electrons. The molecule has 0 bridgehead atoms. The number of anilines is 1. The Morgan fingerprint density at radius 3 is 2.85 bits per heavy atom. The predicted molar refractivity (Wildman–Crippen MR) is 48.3 cm³/mol. The van der Waals surface area contributed by atoms with Crippen LogP contribution in [0.5, 0.6) is 0 Å². The molecule has 0 aliphatic heterocycles. The minimum Gasteiger partial charge on any atom is -0.366 e. The lowest BCUT2D eigenvalue weighted by molar-refractivity contribution is 0.840. The molecule has 0 radical (unpaired) electrons. The number of nitrogens with zero attached hydrogens (tertiary/aromatic N) is 4. The summed E-state index contributed by atoms with van der Waals surface area (Å²) in [6, 6.07) is 3.83. The van der Waals surface area contributed by atoms with E-state index in [4.69, 9.17) is 5.73 Å². The quantitative estimate of drug-likeness (QED) is 0.687. The van der Waals surface area contributed by atoms with Crippen LogP contribution in [-0.2, 0) is 0 Å². The third-order valence-electron chi connectivity index (χ3n) is 1.71. The third kappa shape index (κ3) is 1.35. The van der Waals surface area contributed by atoms with Gasteiger partial charge in [0.2, 0.25) is 5.95 Å². The van der Waals surface area contributed by atoms with Gasteiger partial charge in [-0.3, -0.25) is 0 Å². The summed E-state index contributed by atoms with van der Waals surface area (Å²) in [6.07, 6.45) is 3.25. The Hall–Kier alpha value is -1.91. The predicted octanol–water partition coefficient (Wildman–Crippen LogP) is 0.553. The zero-order valence-electron chi connectivity index (χ0n) is 7.18. The first kappa shape index (κ1) is 7.72. The summed E-state index contributed by atoms with van der Waals surface area (Å²) in [4.78, 5) is 7.99. The number of aromatic nitrogens is 4. The van der Waals surface area contributed by atoms with E-state index in [9.17, 15) is 0 Å². The van der Waals surface area contributed by atoms with Crippen molar-refractivity contribution in [2.75, 3.05) is 5.73 Å². The second-order valence-electron chi connectivity index (χ2n) is 2.69. The van der Waals surface area contributed by atoms with Gasteiger partial charge < -0.3 is 5.73 Å². The summed E-state index contributed by atoms with van der Waals surface area (Å²) >= 11 is 0. The van der Waals surface area contributed by atoms with Gasteiger partial charge in [-0.05, 0) is 18.6 Å². The number of rotatable bonds is 1. The van der Waals surface area contributed by atoms with Crippen LogP contribution in [0, 0.1) is 6.92 Å². The van der Waals surface area contributed by atoms with Gasteiger partial charge in [0.25, 0.3) is 0 Å². The van der Waals surface area contributed by atoms with Gasteiger partial charge in [0.1, 0.15) is 6.33 Å². The molecule has 0 aromatic carbocycles. The van der Waals surface area contributed by atoms with Crippen LogP contribution in [0.25, 0.3) is 5.82 Å². The molecule has 0 aliphatic carbocycles. The van der Waals surface area contributed by atoms with Crippen LogP contribution >= 0.6 is 0 Å². The van der Waals surface area contributed by atoms with Crippen molar-refractivity contribution >= 4 is 5.95 Å². The lowest BCUT2D eigenvalue weighted by atomic mass is 10.3. The summed E-state index contributed by atoms with van der Waals surface area (Å²) in [5, 5.41) is 3.96. The van der Waals surface area contributed by atoms with Gasteiger partial charge in [-0.2, -0.15) is 0 Å². The molecule has 5 heteroatoms. The Morgan fingerprint density at radius 1 is 1.38 bits per heavy atom. The third-order valence-corrected chi connectivity index (χ3v) is 1.71. The monoisotopic (exact) mass is 175 g/mol. The van der Waals surface area contributed by atoms with Crippen LogP contribution in [0.2, 0.25) is 0 Å². The Kier molecular flexibility index (Phi) is 1.70. The first-order valence-corrected chi connectivity index (χ1v) is 3.86. The molecule has 0 spiro atoms. The molecule has 2 rings (SSSR count). The SMILES string of the molecule is Cc1cccnc1-n1cnc(N)n1. The zero-order chi connectivity index (χ0) is 9.26. The van der Waals surface area contributed by atoms with Gasteiger partial charge in [0.05, 0.1) is 0 Å². The van der Waals surface area contributed by atoms with Gasteiger partial charge in [-0.15, -0.1) is 5.10 Å². The fourth-order valence-corrected chi connectivity index (χ4v) is 1.10. The van der Waals surface area contributed by atoms with E-state index in [0.29, 0.717) is 0 Å². The van der Waals surface area contributed by atoms with Gasteiger partial charge in [-0.1, -0.05) is 6.07 Å². The first-order valence-electron chi connectivity index (χ1n) is 3.86. The molecule has 0 atom stereocenters. The minimum atomic E-state index is 0.255. The maximum Gasteiger partial charge on any atom is 0.239 e. The molecule has 0 saturated carbocycles. The summed E-state index contributed by atoms with van der Waals surface area (Å²) < 4.78 is 1.56. The lowest BCUT2D eigenvalue weighted by Crippen LogP contribution is -2.01. The molecule has 2 aromatic rings. The van der Waals surface area contributed by atoms with Crippen LogP contribution < -0.4 is 5.73 Å². The van der Waals surface area contributed by atoms with Crippen molar-refractivity contribution < 1.29 is 0 Å². The molecule has 2 heterocycles. The van der Waals surface area contributed by atoms with E-state index in [1.54, 1.807) is 17.2 Å². The summed E-state index contributed by atoms with van der Waals surface area (Å²) in [7, 11) is 0. The Morgan fingerprint density at radius 2 is 2.23 bits per heavy atom. The average molecular weight is 175 g/mol. The van der Waals surface area contributed by atoms with Gasteiger partial charge in [-0.25, -0.2) is 14.6 Å². The number of nitrogens with two attached hydrogens (primary N) is 1. The number of pyridine rings is 1. The fraction of sp³-hybridized carbons (Fsp3) is 0.125. The summed E-state index contributed by atoms with van der Waals surface area (Å²) in [5.74, 6) is 1.01. The van der Waals surface area contributed by atoms with Crippen molar-refractivity contribution in [3.05, 3.63) is 30.2 Å². The largest absolute Gasteiger partial charge is 0.366 e. The number of hydrogen-bond donors (Lipinski definition) is 1. The Labute approximate surface area is 75.2 Å². The molecule has 5 nitrogen and oxygen atoms in total. The second kappa shape index (κ2) is 2.85. The van der Waals surface area contributed by atoms with Crippen LogP contribution in [0.15, 0.2) is 24.7 Å². The minimum absolute atomic E-state index is 0.255. The molecule has 0 unspecified atom stereocenters. The number of aryl methyl sites for hydroxylation is 1. The highest BCUT2D eigenvalue weighted by molar-refractivity contribution is 5.31. The van der Waals surface area contributed by atoms with Crippen LogP contribution in [0.4, 0.5) is 5.95 Å². The van der Waals surface area contributed by atoms with E-state index < -0.39 is 0 Å². The van der Waals surface area contributed by atoms with Crippen molar-refractivity contribution in [3.8, 4) is 5.82 Å². The van der Waals surface area contributed by atoms with E-state index in [1.807, 2.05) is 19.1 Å². The Bertz CT molecular complexity index is 420. The van der Waals surface area contributed by atoms with Crippen LogP contribution in [-0.4, -0.2) is 19.7 Å². The van der Waals surface area contributed by atoms with Gasteiger partial charge >= 0.3 is 0 Å². The fourth-order valence-electron chi connectivity index (χ4n) is 1.10. The normalized spacial score (nSPS) is 10.2. The Balaban J connectivity index is 2.52. The molecule has 0 amide bonds. The molecule has 13 heavy (non-hydrogen) atoms. The van der Waals surface area contributed by atoms with Crippen molar-refractivity contribution in [1.82, 2.24) is 19.7 Å². The second-order valence-corrected chi connectivity index (χ2v) is 2.69. The highest BCUT2D eigenvalue weighted by Crippen LogP contribution is 2.07. The molecule has 0 saturated heterocycles. The zero-order valence-corrected chi connectivity index (χ0v) is 7.18. The average Bonchev–Trinajstić information content (AvgIpc) is 2.53. The van der Waals surface area contributed by atoms with Crippen molar-refractivity contribution in [2.45, 2.75) is 6.92 Å². The van der Waals surface area contributed by atoms with E-state index in [2.05, 4.69) is 15.1 Å². The molecular weight excluding hydrogens is 166 g/mol. The lowest BCUT2D eigenvalue weighted by Gasteiger charge is -2.01. The highest BCUT2D eigenvalue weighted by Gasteiger charge is 2.02. The number of nitrogen functional groups attached to an aromatic ring is 1. The maximum atomic E-state index is 5.40.